The largest absolute Gasteiger partial charge is 0.327 e. The van der Waals surface area contributed by atoms with Gasteiger partial charge in [-0.3, -0.25) is 0 Å². The number of halogens is 2. The van der Waals surface area contributed by atoms with Crippen LogP contribution in [0.1, 0.15) is 18.9 Å². The van der Waals surface area contributed by atoms with Gasteiger partial charge in [0, 0.05) is 15.4 Å². The number of rotatable bonds is 5. The quantitative estimate of drug-likeness (QED) is 0.816. The van der Waals surface area contributed by atoms with Gasteiger partial charge in [0.25, 0.3) is 0 Å². The van der Waals surface area contributed by atoms with Gasteiger partial charge < -0.3 is 5.73 Å². The molecule has 2 rings (SSSR count). The number of nitrogens with two attached hydrogens (primary N) is 1. The van der Waals surface area contributed by atoms with Crippen molar-refractivity contribution in [2.45, 2.75) is 35.6 Å². The highest BCUT2D eigenvalue weighted by molar-refractivity contribution is 9.10. The van der Waals surface area contributed by atoms with Crippen LogP contribution in [0.25, 0.3) is 0 Å². The smallest absolute Gasteiger partial charge is 0.137 e. The summed E-state index contributed by atoms with van der Waals surface area (Å²) in [4.78, 5) is 1.67. The van der Waals surface area contributed by atoms with E-state index in [0.717, 1.165) is 21.4 Å². The minimum absolute atomic E-state index is 0.0652. The first kappa shape index (κ1) is 15.5. The second-order valence-electron chi connectivity index (χ2n) is 4.63. The third-order valence-electron chi connectivity index (χ3n) is 3.10. The first-order valence-electron chi connectivity index (χ1n) is 6.57. The molecule has 0 aromatic heterocycles. The first-order chi connectivity index (χ1) is 9.61. The fourth-order valence-corrected chi connectivity index (χ4v) is 3.40. The number of hydrogen-bond acceptors (Lipinski definition) is 2. The van der Waals surface area contributed by atoms with Crippen LogP contribution in [0.15, 0.2) is 56.7 Å². The molecule has 1 nitrogen and oxygen atoms in total. The fraction of sp³-hybridized carbons (Fsp3) is 0.250. The number of hydrogen-bond donors (Lipinski definition) is 1. The Bertz CT molecular complexity index is 588. The zero-order chi connectivity index (χ0) is 14.5. The average molecular weight is 354 g/mol. The van der Waals surface area contributed by atoms with Crippen LogP contribution in [0.5, 0.6) is 0 Å². The molecule has 1 atom stereocenters. The molecule has 0 saturated heterocycles. The summed E-state index contributed by atoms with van der Waals surface area (Å²) in [6, 6.07) is 13.1. The molecule has 0 bridgehead atoms. The Hall–Kier alpha value is -0.840. The summed E-state index contributed by atoms with van der Waals surface area (Å²) in [5, 5.41) is 0. The topological polar surface area (TPSA) is 26.0 Å². The SMILES string of the molecule is CCC(N)Cc1cccc(F)c1Sc1ccccc1Br. The predicted octanol–water partition coefficient (Wildman–Crippen LogP) is 5.02. The van der Waals surface area contributed by atoms with Crippen molar-refractivity contribution in [2.24, 2.45) is 5.73 Å². The lowest BCUT2D eigenvalue weighted by Gasteiger charge is -2.14. The highest BCUT2D eigenvalue weighted by Crippen LogP contribution is 2.37. The van der Waals surface area contributed by atoms with Gasteiger partial charge in [-0.2, -0.15) is 0 Å². The summed E-state index contributed by atoms with van der Waals surface area (Å²) in [7, 11) is 0. The second-order valence-corrected chi connectivity index (χ2v) is 6.54. The second kappa shape index (κ2) is 7.25. The van der Waals surface area contributed by atoms with Crippen molar-refractivity contribution < 1.29 is 4.39 Å². The summed E-state index contributed by atoms with van der Waals surface area (Å²) in [5.41, 5.74) is 6.98. The van der Waals surface area contributed by atoms with E-state index in [9.17, 15) is 4.39 Å². The van der Waals surface area contributed by atoms with Crippen molar-refractivity contribution in [1.29, 1.82) is 0 Å². The molecule has 0 spiro atoms. The normalized spacial score (nSPS) is 12.4. The summed E-state index contributed by atoms with van der Waals surface area (Å²) in [6.45, 7) is 2.05. The molecule has 20 heavy (non-hydrogen) atoms. The molecule has 2 aromatic carbocycles. The Kier molecular flexibility index (Phi) is 5.64. The monoisotopic (exact) mass is 353 g/mol. The predicted molar refractivity (Wildman–Crippen MR) is 86.6 cm³/mol. The highest BCUT2D eigenvalue weighted by Gasteiger charge is 2.13. The third-order valence-corrected chi connectivity index (χ3v) is 5.29. The Morgan fingerprint density at radius 2 is 1.95 bits per heavy atom. The highest BCUT2D eigenvalue weighted by atomic mass is 79.9. The number of benzene rings is 2. The summed E-state index contributed by atoms with van der Waals surface area (Å²) in [5.74, 6) is -0.188. The van der Waals surface area contributed by atoms with Crippen molar-refractivity contribution in [3.8, 4) is 0 Å². The summed E-state index contributed by atoms with van der Waals surface area (Å²) in [6.07, 6.45) is 1.58. The zero-order valence-electron chi connectivity index (χ0n) is 11.3. The van der Waals surface area contributed by atoms with Gasteiger partial charge in [0.15, 0.2) is 0 Å². The Balaban J connectivity index is 2.33. The molecule has 0 fully saturated rings. The molecule has 0 radical (unpaired) electrons. The van der Waals surface area contributed by atoms with E-state index in [0.29, 0.717) is 11.3 Å². The van der Waals surface area contributed by atoms with E-state index in [1.54, 1.807) is 6.07 Å². The lowest BCUT2D eigenvalue weighted by Crippen LogP contribution is -2.21. The summed E-state index contributed by atoms with van der Waals surface area (Å²) >= 11 is 4.94. The Morgan fingerprint density at radius 3 is 2.65 bits per heavy atom. The summed E-state index contributed by atoms with van der Waals surface area (Å²) < 4.78 is 15.1. The molecule has 106 valence electrons. The van der Waals surface area contributed by atoms with Crippen molar-refractivity contribution >= 4 is 27.7 Å². The first-order valence-corrected chi connectivity index (χ1v) is 8.18. The molecule has 0 aliphatic heterocycles. The molecule has 2 aromatic rings. The van der Waals surface area contributed by atoms with Crippen LogP contribution in [0.4, 0.5) is 4.39 Å². The van der Waals surface area contributed by atoms with Crippen LogP contribution in [-0.4, -0.2) is 6.04 Å². The molecule has 0 heterocycles. The van der Waals surface area contributed by atoms with Gasteiger partial charge in [-0.05, 0) is 52.5 Å². The van der Waals surface area contributed by atoms with E-state index in [4.69, 9.17) is 5.73 Å². The Labute approximate surface area is 131 Å². The van der Waals surface area contributed by atoms with Crippen molar-refractivity contribution in [2.75, 3.05) is 0 Å². The average Bonchev–Trinajstić information content (AvgIpc) is 2.44. The van der Waals surface area contributed by atoms with Gasteiger partial charge >= 0.3 is 0 Å². The van der Waals surface area contributed by atoms with E-state index in [1.165, 1.54) is 17.8 Å². The molecule has 0 saturated carbocycles. The maximum atomic E-state index is 14.1. The van der Waals surface area contributed by atoms with E-state index < -0.39 is 0 Å². The molecular formula is C16H17BrFNS. The van der Waals surface area contributed by atoms with Crippen LogP contribution in [0.2, 0.25) is 0 Å². The lowest BCUT2D eigenvalue weighted by atomic mass is 10.0. The van der Waals surface area contributed by atoms with Crippen molar-refractivity contribution in [3.05, 3.63) is 58.3 Å². The minimum Gasteiger partial charge on any atom is -0.327 e. The van der Waals surface area contributed by atoms with Gasteiger partial charge in [-0.15, -0.1) is 0 Å². The van der Waals surface area contributed by atoms with Crippen molar-refractivity contribution in [1.82, 2.24) is 0 Å². The molecule has 0 aliphatic rings. The van der Waals surface area contributed by atoms with Gasteiger partial charge in [0.1, 0.15) is 5.82 Å². The van der Waals surface area contributed by atoms with Crippen LogP contribution >= 0.6 is 27.7 Å². The van der Waals surface area contributed by atoms with E-state index in [1.807, 2.05) is 37.3 Å². The Morgan fingerprint density at radius 1 is 1.20 bits per heavy atom. The third kappa shape index (κ3) is 3.84. The van der Waals surface area contributed by atoms with Gasteiger partial charge in [0.2, 0.25) is 0 Å². The molecule has 1 unspecified atom stereocenters. The minimum atomic E-state index is -0.188. The molecule has 0 aliphatic carbocycles. The molecule has 4 heteroatoms. The van der Waals surface area contributed by atoms with Gasteiger partial charge in [0.05, 0.1) is 4.90 Å². The van der Waals surface area contributed by atoms with E-state index >= 15 is 0 Å². The van der Waals surface area contributed by atoms with Crippen LogP contribution < -0.4 is 5.73 Å². The molecule has 0 amide bonds. The van der Waals surface area contributed by atoms with Gasteiger partial charge in [-0.1, -0.05) is 43.0 Å². The standard InChI is InChI=1S/C16H17BrFNS/c1-2-12(19)10-11-6-5-8-14(18)16(11)20-15-9-4-3-7-13(15)17/h3-9,12H,2,10,19H2,1H3. The lowest BCUT2D eigenvalue weighted by molar-refractivity contribution is 0.585. The van der Waals surface area contributed by atoms with Crippen molar-refractivity contribution in [3.63, 3.8) is 0 Å². The van der Waals surface area contributed by atoms with E-state index in [2.05, 4.69) is 15.9 Å². The van der Waals surface area contributed by atoms with Crippen LogP contribution in [0.3, 0.4) is 0 Å². The van der Waals surface area contributed by atoms with E-state index in [-0.39, 0.29) is 11.9 Å². The van der Waals surface area contributed by atoms with Gasteiger partial charge in [-0.25, -0.2) is 4.39 Å². The molecule has 2 N–H and O–H groups in total. The zero-order valence-corrected chi connectivity index (χ0v) is 13.7. The fourth-order valence-electron chi connectivity index (χ4n) is 1.89. The molecular weight excluding hydrogens is 337 g/mol. The van der Waals surface area contributed by atoms with Crippen LogP contribution in [-0.2, 0) is 6.42 Å². The maximum Gasteiger partial charge on any atom is 0.137 e. The van der Waals surface area contributed by atoms with Crippen LogP contribution in [0, 0.1) is 5.82 Å². The maximum absolute atomic E-state index is 14.1.